The van der Waals surface area contributed by atoms with Crippen LogP contribution in [0.25, 0.3) is 0 Å². The van der Waals surface area contributed by atoms with Gasteiger partial charge in [-0.2, -0.15) is 0 Å². The van der Waals surface area contributed by atoms with Gasteiger partial charge in [-0.1, -0.05) is 86.3 Å². The van der Waals surface area contributed by atoms with E-state index >= 15 is 0 Å². The third kappa shape index (κ3) is 7.80. The van der Waals surface area contributed by atoms with Crippen molar-refractivity contribution in [2.75, 3.05) is 6.16 Å². The molecule has 0 aromatic heterocycles. The van der Waals surface area contributed by atoms with Gasteiger partial charge in [0.15, 0.2) is 0 Å². The Balaban J connectivity index is 1.83. The summed E-state index contributed by atoms with van der Waals surface area (Å²) < 4.78 is 0. The summed E-state index contributed by atoms with van der Waals surface area (Å²) in [4.78, 5) is 0. The Morgan fingerprint density at radius 1 is 0.609 bits per heavy atom. The summed E-state index contributed by atoms with van der Waals surface area (Å²) in [7, 11) is 2.83. The Morgan fingerprint density at radius 2 is 1.09 bits per heavy atom. The molecule has 0 aliphatic rings. The van der Waals surface area contributed by atoms with Gasteiger partial charge in [0.2, 0.25) is 0 Å². The molecule has 124 valence electrons. The maximum absolute atomic E-state index is 2.83. The van der Waals surface area contributed by atoms with E-state index in [-0.39, 0.29) is 0 Å². The Kier molecular flexibility index (Phi) is 9.04. The lowest BCUT2D eigenvalue weighted by Gasteiger charge is -2.17. The zero-order valence-electron chi connectivity index (χ0n) is 14.3. The molecule has 2 aromatic rings. The fourth-order valence-electron chi connectivity index (χ4n) is 3.28. The van der Waals surface area contributed by atoms with Gasteiger partial charge in [-0.15, -0.1) is 9.24 Å². The minimum atomic E-state index is 0.765. The summed E-state index contributed by atoms with van der Waals surface area (Å²) in [5.74, 6) is 0.765. The normalized spacial score (nSPS) is 11.0. The molecule has 1 atom stereocenters. The molecule has 2 aromatic carbocycles. The predicted molar refractivity (Wildman–Crippen MR) is 106 cm³/mol. The highest BCUT2D eigenvalue weighted by atomic mass is 31.0. The van der Waals surface area contributed by atoms with E-state index in [1.807, 2.05) is 0 Å². The third-order valence-electron chi connectivity index (χ3n) is 4.55. The number of rotatable bonds is 11. The first-order chi connectivity index (χ1) is 11.4. The van der Waals surface area contributed by atoms with Crippen molar-refractivity contribution in [1.29, 1.82) is 0 Å². The molecule has 0 aliphatic heterocycles. The van der Waals surface area contributed by atoms with Gasteiger partial charge < -0.3 is 0 Å². The van der Waals surface area contributed by atoms with E-state index in [4.69, 9.17) is 0 Å². The molecule has 1 heteroatoms. The molecule has 0 saturated heterocycles. The SMILES string of the molecule is PCCCCCCCC(Cc1ccccc1)Cc1ccccc1. The lowest BCUT2D eigenvalue weighted by molar-refractivity contribution is 0.447. The van der Waals surface area contributed by atoms with Crippen molar-refractivity contribution in [1.82, 2.24) is 0 Å². The molecule has 23 heavy (non-hydrogen) atoms. The summed E-state index contributed by atoms with van der Waals surface area (Å²) in [6.07, 6.45) is 12.0. The van der Waals surface area contributed by atoms with Crippen LogP contribution < -0.4 is 0 Å². The molecule has 1 unspecified atom stereocenters. The van der Waals surface area contributed by atoms with E-state index in [1.165, 1.54) is 68.7 Å². The van der Waals surface area contributed by atoms with Crippen molar-refractivity contribution in [2.45, 2.75) is 51.4 Å². The molecule has 2 rings (SSSR count). The fourth-order valence-corrected chi connectivity index (χ4v) is 3.57. The van der Waals surface area contributed by atoms with Crippen LogP contribution in [0, 0.1) is 5.92 Å². The van der Waals surface area contributed by atoms with Crippen LogP contribution in [-0.4, -0.2) is 6.16 Å². The van der Waals surface area contributed by atoms with E-state index < -0.39 is 0 Å². The molecule has 0 spiro atoms. The van der Waals surface area contributed by atoms with E-state index in [0.29, 0.717) is 0 Å². The maximum Gasteiger partial charge on any atom is -0.0247 e. The molecule has 0 saturated carbocycles. The second kappa shape index (κ2) is 11.4. The van der Waals surface area contributed by atoms with Gasteiger partial charge in [0, 0.05) is 0 Å². The summed E-state index contributed by atoms with van der Waals surface area (Å²) in [5.41, 5.74) is 2.97. The molecular formula is C22H31P. The molecular weight excluding hydrogens is 295 g/mol. The molecule has 0 nitrogen and oxygen atoms in total. The van der Waals surface area contributed by atoms with Crippen LogP contribution in [0.2, 0.25) is 0 Å². The lowest BCUT2D eigenvalue weighted by Crippen LogP contribution is -2.08. The van der Waals surface area contributed by atoms with Crippen LogP contribution in [0.5, 0.6) is 0 Å². The minimum Gasteiger partial charge on any atom is -0.138 e. The van der Waals surface area contributed by atoms with E-state index in [0.717, 1.165) is 5.92 Å². The summed E-state index contributed by atoms with van der Waals surface area (Å²) in [5, 5.41) is 0. The zero-order chi connectivity index (χ0) is 16.2. The minimum absolute atomic E-state index is 0.765. The van der Waals surface area contributed by atoms with Gasteiger partial charge >= 0.3 is 0 Å². The summed E-state index contributed by atoms with van der Waals surface area (Å²) in [6, 6.07) is 22.0. The van der Waals surface area contributed by atoms with E-state index in [9.17, 15) is 0 Å². The molecule has 0 amide bonds. The Hall–Kier alpha value is -1.13. The second-order valence-corrected chi connectivity index (χ2v) is 7.17. The van der Waals surface area contributed by atoms with Gasteiger partial charge in [0.25, 0.3) is 0 Å². The standard InChI is InChI=1S/C22H31P/c23-17-11-3-1-2-6-16-22(18-20-12-7-4-8-13-20)19-21-14-9-5-10-15-21/h4-5,7-10,12-15,22H,1-3,6,11,16-19,23H2. The first-order valence-electron chi connectivity index (χ1n) is 9.16. The average molecular weight is 326 g/mol. The van der Waals surface area contributed by atoms with Crippen LogP contribution in [0.1, 0.15) is 49.7 Å². The van der Waals surface area contributed by atoms with Gasteiger partial charge in [0.1, 0.15) is 0 Å². The van der Waals surface area contributed by atoms with Crippen molar-refractivity contribution in [3.05, 3.63) is 71.8 Å². The number of hydrogen-bond acceptors (Lipinski definition) is 0. The molecule has 0 fully saturated rings. The average Bonchev–Trinajstić information content (AvgIpc) is 2.60. The van der Waals surface area contributed by atoms with Crippen molar-refractivity contribution in [2.24, 2.45) is 5.92 Å². The number of hydrogen-bond donors (Lipinski definition) is 0. The summed E-state index contributed by atoms with van der Waals surface area (Å²) >= 11 is 0. The van der Waals surface area contributed by atoms with E-state index in [2.05, 4.69) is 69.9 Å². The molecule has 0 aliphatic carbocycles. The topological polar surface area (TPSA) is 0 Å². The fraction of sp³-hybridized carbons (Fsp3) is 0.455. The maximum atomic E-state index is 2.83. The van der Waals surface area contributed by atoms with E-state index in [1.54, 1.807) is 0 Å². The first kappa shape index (κ1) is 18.2. The van der Waals surface area contributed by atoms with Gasteiger partial charge in [-0.25, -0.2) is 0 Å². The number of benzene rings is 2. The highest BCUT2D eigenvalue weighted by molar-refractivity contribution is 7.16. The third-order valence-corrected chi connectivity index (χ3v) is 4.96. The molecule has 0 heterocycles. The van der Waals surface area contributed by atoms with Crippen molar-refractivity contribution in [3.8, 4) is 0 Å². The van der Waals surface area contributed by atoms with Crippen LogP contribution in [-0.2, 0) is 12.8 Å². The van der Waals surface area contributed by atoms with Crippen LogP contribution in [0.3, 0.4) is 0 Å². The smallest absolute Gasteiger partial charge is 0.0247 e. The highest BCUT2D eigenvalue weighted by Gasteiger charge is 2.10. The van der Waals surface area contributed by atoms with Crippen molar-refractivity contribution >= 4 is 9.24 Å². The second-order valence-electron chi connectivity index (χ2n) is 6.59. The monoisotopic (exact) mass is 326 g/mol. The van der Waals surface area contributed by atoms with Gasteiger partial charge in [0.05, 0.1) is 0 Å². The van der Waals surface area contributed by atoms with Crippen LogP contribution in [0.4, 0.5) is 0 Å². The first-order valence-corrected chi connectivity index (χ1v) is 9.98. The predicted octanol–water partition coefficient (Wildman–Crippen LogP) is 6.30. The largest absolute Gasteiger partial charge is 0.138 e. The van der Waals surface area contributed by atoms with Crippen LogP contribution >= 0.6 is 9.24 Å². The highest BCUT2D eigenvalue weighted by Crippen LogP contribution is 2.21. The quantitative estimate of drug-likeness (QED) is 0.335. The van der Waals surface area contributed by atoms with Gasteiger partial charge in [-0.05, 0) is 48.9 Å². The van der Waals surface area contributed by atoms with Gasteiger partial charge in [-0.3, -0.25) is 0 Å². The number of unbranched alkanes of at least 4 members (excludes halogenated alkanes) is 4. The summed E-state index contributed by atoms with van der Waals surface area (Å²) in [6.45, 7) is 0. The Bertz CT molecular complexity index is 465. The Morgan fingerprint density at radius 3 is 1.61 bits per heavy atom. The lowest BCUT2D eigenvalue weighted by atomic mass is 9.88. The molecule has 0 N–H and O–H groups in total. The molecule has 0 bridgehead atoms. The Labute approximate surface area is 144 Å². The zero-order valence-corrected chi connectivity index (χ0v) is 15.4. The molecule has 0 radical (unpaired) electrons. The van der Waals surface area contributed by atoms with Crippen molar-refractivity contribution < 1.29 is 0 Å². The van der Waals surface area contributed by atoms with Crippen LogP contribution in [0.15, 0.2) is 60.7 Å². The van der Waals surface area contributed by atoms with Crippen molar-refractivity contribution in [3.63, 3.8) is 0 Å².